The number of halogens is 1. The number of nitrogens with one attached hydrogen (secondary N) is 1. The third kappa shape index (κ3) is 5.55. The van der Waals surface area contributed by atoms with Crippen molar-refractivity contribution in [1.82, 2.24) is 9.80 Å². The summed E-state index contributed by atoms with van der Waals surface area (Å²) in [6, 6.07) is 5.87. The number of ether oxygens (including phenoxy) is 1. The van der Waals surface area contributed by atoms with E-state index in [1.54, 1.807) is 0 Å². The maximum atomic E-state index is 12.8. The average Bonchev–Trinajstić information content (AvgIpc) is 2.63. The topological polar surface area (TPSA) is 61.9 Å². The van der Waals surface area contributed by atoms with Crippen LogP contribution >= 0.6 is 15.9 Å². The molecule has 3 rings (SSSR count). The number of carbonyl (C=O) groups is 2. The van der Waals surface area contributed by atoms with Crippen LogP contribution in [0.2, 0.25) is 0 Å². The van der Waals surface area contributed by atoms with E-state index in [9.17, 15) is 9.59 Å². The van der Waals surface area contributed by atoms with E-state index in [0.717, 1.165) is 41.7 Å². The first kappa shape index (κ1) is 21.3. The number of aryl methyl sites for hydroxylation is 1. The summed E-state index contributed by atoms with van der Waals surface area (Å²) < 4.78 is 6.62. The fourth-order valence-electron chi connectivity index (χ4n) is 4.07. The van der Waals surface area contributed by atoms with Gasteiger partial charge in [-0.25, -0.2) is 0 Å². The van der Waals surface area contributed by atoms with Crippen molar-refractivity contribution in [2.45, 2.75) is 45.8 Å². The second kappa shape index (κ2) is 9.37. The van der Waals surface area contributed by atoms with E-state index in [0.29, 0.717) is 19.6 Å². The van der Waals surface area contributed by atoms with Crippen LogP contribution in [0.5, 0.6) is 0 Å². The molecule has 2 atom stereocenters. The molecule has 0 spiro atoms. The smallest absolute Gasteiger partial charge is 0.238 e. The molecule has 0 aromatic heterocycles. The lowest BCUT2D eigenvalue weighted by Gasteiger charge is -2.39. The van der Waals surface area contributed by atoms with E-state index in [1.807, 2.05) is 43.9 Å². The van der Waals surface area contributed by atoms with Crippen molar-refractivity contribution in [1.29, 1.82) is 0 Å². The molecule has 1 aromatic carbocycles. The number of likely N-dealkylation sites (tertiary alicyclic amines) is 1. The Morgan fingerprint density at radius 1 is 1.18 bits per heavy atom. The highest BCUT2D eigenvalue weighted by molar-refractivity contribution is 9.10. The van der Waals surface area contributed by atoms with E-state index in [4.69, 9.17) is 4.74 Å². The quantitative estimate of drug-likeness (QED) is 0.763. The number of piperidine rings is 1. The number of hydrogen-bond acceptors (Lipinski definition) is 4. The summed E-state index contributed by atoms with van der Waals surface area (Å²) in [5.74, 6) is 0.280. The number of rotatable bonds is 4. The summed E-state index contributed by atoms with van der Waals surface area (Å²) in [5.41, 5.74) is 1.93. The van der Waals surface area contributed by atoms with Gasteiger partial charge in [0.1, 0.15) is 0 Å². The Morgan fingerprint density at radius 2 is 1.82 bits per heavy atom. The van der Waals surface area contributed by atoms with Gasteiger partial charge in [-0.15, -0.1) is 0 Å². The predicted molar refractivity (Wildman–Crippen MR) is 113 cm³/mol. The van der Waals surface area contributed by atoms with Gasteiger partial charge >= 0.3 is 0 Å². The van der Waals surface area contributed by atoms with Gasteiger partial charge in [0.15, 0.2) is 0 Å². The van der Waals surface area contributed by atoms with E-state index < -0.39 is 0 Å². The minimum atomic E-state index is -0.0230. The summed E-state index contributed by atoms with van der Waals surface area (Å²) in [6.45, 7) is 9.30. The number of nitrogens with zero attached hydrogens (tertiary/aromatic N) is 2. The molecule has 0 bridgehead atoms. The molecule has 0 saturated carbocycles. The maximum absolute atomic E-state index is 12.8. The number of benzene rings is 1. The monoisotopic (exact) mass is 451 g/mol. The van der Waals surface area contributed by atoms with Crippen molar-refractivity contribution >= 4 is 33.4 Å². The van der Waals surface area contributed by atoms with Gasteiger partial charge in [0.25, 0.3) is 0 Å². The molecule has 0 aliphatic carbocycles. The molecule has 6 nitrogen and oxygen atoms in total. The van der Waals surface area contributed by atoms with Crippen LogP contribution in [-0.2, 0) is 14.3 Å². The Morgan fingerprint density at radius 3 is 2.43 bits per heavy atom. The summed E-state index contributed by atoms with van der Waals surface area (Å²) in [5, 5.41) is 2.96. The van der Waals surface area contributed by atoms with Crippen LogP contribution in [0, 0.1) is 12.8 Å². The van der Waals surface area contributed by atoms with Gasteiger partial charge in [-0.05, 0) is 80.3 Å². The Labute approximate surface area is 175 Å². The molecule has 28 heavy (non-hydrogen) atoms. The number of anilines is 1. The molecule has 7 heteroatoms. The van der Waals surface area contributed by atoms with Crippen LogP contribution in [0.1, 0.15) is 32.3 Å². The highest BCUT2D eigenvalue weighted by Gasteiger charge is 2.32. The van der Waals surface area contributed by atoms with Crippen molar-refractivity contribution in [3.8, 4) is 0 Å². The van der Waals surface area contributed by atoms with E-state index in [-0.39, 0.29) is 29.9 Å². The van der Waals surface area contributed by atoms with Crippen LogP contribution in [-0.4, -0.2) is 66.5 Å². The van der Waals surface area contributed by atoms with Crippen LogP contribution in [0.25, 0.3) is 0 Å². The lowest BCUT2D eigenvalue weighted by molar-refractivity contribution is -0.148. The minimum Gasteiger partial charge on any atom is -0.372 e. The van der Waals surface area contributed by atoms with Gasteiger partial charge in [-0.3, -0.25) is 14.5 Å². The SMILES string of the molecule is Cc1ccc(NC(=O)CN2CCC(C(=O)N3CC(C)OC(C)C3)CC2)c(Br)c1. The molecule has 0 radical (unpaired) electrons. The second-order valence-electron chi connectivity index (χ2n) is 8.08. The highest BCUT2D eigenvalue weighted by Crippen LogP contribution is 2.24. The normalized spacial score (nSPS) is 24.2. The molecule has 2 fully saturated rings. The largest absolute Gasteiger partial charge is 0.372 e. The van der Waals surface area contributed by atoms with E-state index in [1.165, 1.54) is 0 Å². The van der Waals surface area contributed by atoms with Crippen LogP contribution in [0.4, 0.5) is 5.69 Å². The van der Waals surface area contributed by atoms with Gasteiger partial charge < -0.3 is 15.0 Å². The third-order valence-electron chi connectivity index (χ3n) is 5.43. The van der Waals surface area contributed by atoms with E-state index in [2.05, 4.69) is 26.1 Å². The Hall–Kier alpha value is -1.44. The molecule has 1 aromatic rings. The van der Waals surface area contributed by atoms with Crippen LogP contribution in [0.15, 0.2) is 22.7 Å². The Bertz CT molecular complexity index is 709. The van der Waals surface area contributed by atoms with Crippen LogP contribution < -0.4 is 5.32 Å². The lowest BCUT2D eigenvalue weighted by atomic mass is 9.94. The summed E-state index contributed by atoms with van der Waals surface area (Å²) in [6.07, 6.45) is 1.80. The lowest BCUT2D eigenvalue weighted by Crippen LogP contribution is -2.51. The zero-order chi connectivity index (χ0) is 20.3. The number of amides is 2. The van der Waals surface area contributed by atoms with E-state index >= 15 is 0 Å². The first-order valence-corrected chi connectivity index (χ1v) is 10.8. The number of carbonyl (C=O) groups excluding carboxylic acids is 2. The average molecular weight is 452 g/mol. The number of hydrogen-bond donors (Lipinski definition) is 1. The van der Waals surface area contributed by atoms with Crippen molar-refractivity contribution < 1.29 is 14.3 Å². The first-order chi connectivity index (χ1) is 13.3. The Kier molecular flexibility index (Phi) is 7.12. The van der Waals surface area contributed by atoms with Crippen molar-refractivity contribution in [2.75, 3.05) is 38.0 Å². The third-order valence-corrected chi connectivity index (χ3v) is 6.09. The first-order valence-electron chi connectivity index (χ1n) is 10.0. The van der Waals surface area contributed by atoms with Gasteiger partial charge in [0.05, 0.1) is 24.4 Å². The molecular formula is C21H30BrN3O3. The maximum Gasteiger partial charge on any atom is 0.238 e. The molecule has 2 heterocycles. The molecule has 154 valence electrons. The minimum absolute atomic E-state index is 0.0230. The van der Waals surface area contributed by atoms with Crippen molar-refractivity contribution in [2.24, 2.45) is 5.92 Å². The van der Waals surface area contributed by atoms with Gasteiger partial charge in [-0.1, -0.05) is 6.07 Å². The molecule has 2 unspecified atom stereocenters. The Balaban J connectivity index is 1.46. The zero-order valence-corrected chi connectivity index (χ0v) is 18.5. The molecule has 2 amide bonds. The van der Waals surface area contributed by atoms with Crippen LogP contribution in [0.3, 0.4) is 0 Å². The molecule has 2 saturated heterocycles. The van der Waals surface area contributed by atoms with Gasteiger partial charge in [-0.2, -0.15) is 0 Å². The van der Waals surface area contributed by atoms with Gasteiger partial charge in [0, 0.05) is 23.5 Å². The molecule has 2 aliphatic heterocycles. The number of morpholine rings is 1. The molecule has 2 aliphatic rings. The standard InChI is InChI=1S/C21H30BrN3O3/c1-14-4-5-19(18(22)10-14)23-20(26)13-24-8-6-17(7-9-24)21(27)25-11-15(2)28-16(3)12-25/h4-5,10,15-17H,6-9,11-13H2,1-3H3,(H,23,26). The van der Waals surface area contributed by atoms with Gasteiger partial charge in [0.2, 0.25) is 11.8 Å². The summed E-state index contributed by atoms with van der Waals surface area (Å²) in [7, 11) is 0. The predicted octanol–water partition coefficient (Wildman–Crippen LogP) is 3.04. The summed E-state index contributed by atoms with van der Waals surface area (Å²) >= 11 is 3.49. The second-order valence-corrected chi connectivity index (χ2v) is 8.94. The summed E-state index contributed by atoms with van der Waals surface area (Å²) in [4.78, 5) is 29.3. The fourth-order valence-corrected chi connectivity index (χ4v) is 4.66. The van der Waals surface area contributed by atoms with Crippen molar-refractivity contribution in [3.63, 3.8) is 0 Å². The molecule has 1 N–H and O–H groups in total. The zero-order valence-electron chi connectivity index (χ0n) is 16.9. The fraction of sp³-hybridized carbons (Fsp3) is 0.619. The van der Waals surface area contributed by atoms with Crippen molar-refractivity contribution in [3.05, 3.63) is 28.2 Å². The molecular weight excluding hydrogens is 422 g/mol. The highest BCUT2D eigenvalue weighted by atomic mass is 79.9.